The van der Waals surface area contributed by atoms with Crippen molar-refractivity contribution in [2.75, 3.05) is 26.9 Å². The Bertz CT molecular complexity index is 736. The minimum atomic E-state index is -1.45. The van der Waals surface area contributed by atoms with Gasteiger partial charge in [-0.2, -0.15) is 0 Å². The van der Waals surface area contributed by atoms with Crippen molar-refractivity contribution < 1.29 is 47.9 Å². The molecular weight excluding hydrogens is 495 g/mol. The van der Waals surface area contributed by atoms with Gasteiger partial charge in [0.15, 0.2) is 0 Å². The van der Waals surface area contributed by atoms with Gasteiger partial charge < -0.3 is 29.2 Å². The van der Waals surface area contributed by atoms with Crippen LogP contribution in [-0.4, -0.2) is 55.6 Å². The maximum atomic E-state index is 11.9. The summed E-state index contributed by atoms with van der Waals surface area (Å²) >= 11 is 3.40. The number of carboxylic acid groups (broad SMARTS) is 2. The first-order chi connectivity index (χ1) is 15.1. The summed E-state index contributed by atoms with van der Waals surface area (Å²) in [5.74, 6) is -0.178. The molecule has 0 bridgehead atoms. The summed E-state index contributed by atoms with van der Waals surface area (Å²) in [5, 5.41) is 15.7. The summed E-state index contributed by atoms with van der Waals surface area (Å²) in [4.78, 5) is 29.2. The van der Waals surface area contributed by atoms with Crippen molar-refractivity contribution in [2.24, 2.45) is 0 Å². The van der Waals surface area contributed by atoms with Crippen molar-refractivity contribution in [3.8, 4) is 0 Å². The van der Waals surface area contributed by atoms with Crippen molar-refractivity contribution in [1.82, 2.24) is 0 Å². The number of carbonyl (C=O) groups excluding carboxylic acids is 1. The molecule has 2 N–H and O–H groups in total. The van der Waals surface area contributed by atoms with E-state index in [1.165, 1.54) is 29.3 Å². The molecule has 0 aliphatic heterocycles. The van der Waals surface area contributed by atoms with E-state index < -0.39 is 18.5 Å². The number of hydrogen-bond donors (Lipinski definition) is 2. The lowest BCUT2D eigenvalue weighted by molar-refractivity contribution is 0.0472. The molecule has 0 saturated carbocycles. The van der Waals surface area contributed by atoms with Crippen LogP contribution in [0.5, 0.6) is 0 Å². The van der Waals surface area contributed by atoms with Crippen LogP contribution in [0.3, 0.4) is 0 Å². The minimum absolute atomic E-state index is 0.178. The highest BCUT2D eigenvalue weighted by molar-refractivity contribution is 9.10. The normalized spacial score (nSPS) is 8.53. The third-order valence-electron chi connectivity index (χ3n) is 2.77. The summed E-state index contributed by atoms with van der Waals surface area (Å²) in [6.07, 6.45) is -3.52. The molecular formula is C21H26BrFO9. The van der Waals surface area contributed by atoms with Crippen LogP contribution in [0.25, 0.3) is 0 Å². The maximum absolute atomic E-state index is 11.9. The predicted molar refractivity (Wildman–Crippen MR) is 117 cm³/mol. The minimum Gasteiger partial charge on any atom is -0.450 e. The lowest BCUT2D eigenvalue weighted by Gasteiger charge is -1.98. The van der Waals surface area contributed by atoms with Gasteiger partial charge in [0.05, 0.1) is 13.7 Å². The number of halogens is 2. The molecule has 0 aromatic heterocycles. The molecule has 0 saturated heterocycles. The first kappa shape index (κ1) is 30.9. The van der Waals surface area contributed by atoms with Gasteiger partial charge in [-0.15, -0.1) is 0 Å². The van der Waals surface area contributed by atoms with Crippen molar-refractivity contribution in [1.29, 1.82) is 0 Å². The third kappa shape index (κ3) is 22.9. The lowest BCUT2D eigenvalue weighted by Crippen LogP contribution is -2.10. The molecule has 9 nitrogen and oxygen atoms in total. The van der Waals surface area contributed by atoms with Gasteiger partial charge in [0.1, 0.15) is 19.0 Å². The highest BCUT2D eigenvalue weighted by Crippen LogP contribution is 2.13. The molecule has 32 heavy (non-hydrogen) atoms. The number of benzene rings is 2. The maximum Gasteiger partial charge on any atom is 0.507 e. The van der Waals surface area contributed by atoms with E-state index in [-0.39, 0.29) is 19.0 Å². The van der Waals surface area contributed by atoms with Crippen molar-refractivity contribution in [3.05, 3.63) is 70.5 Å². The van der Waals surface area contributed by atoms with E-state index in [9.17, 15) is 18.8 Å². The number of hydrogen-bond acceptors (Lipinski definition) is 7. The number of ether oxygens (including phenoxy) is 4. The third-order valence-corrected chi connectivity index (χ3v) is 3.66. The molecule has 0 aliphatic rings. The fraction of sp³-hybridized carbons (Fsp3) is 0.286. The van der Waals surface area contributed by atoms with E-state index in [1.807, 2.05) is 18.2 Å². The van der Waals surface area contributed by atoms with Crippen LogP contribution in [-0.2, 0) is 18.9 Å². The van der Waals surface area contributed by atoms with Crippen LogP contribution in [0.1, 0.15) is 12.5 Å². The zero-order valence-corrected chi connectivity index (χ0v) is 19.4. The monoisotopic (exact) mass is 520 g/mol. The number of carbonyl (C=O) groups is 3. The number of aryl methyl sites for hydroxylation is 1. The van der Waals surface area contributed by atoms with E-state index in [0.29, 0.717) is 6.61 Å². The molecule has 2 aromatic rings. The van der Waals surface area contributed by atoms with Crippen molar-refractivity contribution in [2.45, 2.75) is 13.8 Å². The van der Waals surface area contributed by atoms with Gasteiger partial charge in [0, 0.05) is 4.47 Å². The quantitative estimate of drug-likeness (QED) is 0.294. The Labute approximate surface area is 193 Å². The van der Waals surface area contributed by atoms with Crippen molar-refractivity contribution in [3.63, 3.8) is 0 Å². The van der Waals surface area contributed by atoms with Gasteiger partial charge in [-0.3, -0.25) is 0 Å². The van der Waals surface area contributed by atoms with Crippen molar-refractivity contribution >= 4 is 34.4 Å². The largest absolute Gasteiger partial charge is 0.507 e. The summed E-state index contributed by atoms with van der Waals surface area (Å²) in [7, 11) is 1.28. The topological polar surface area (TPSA) is 129 Å². The SMILES string of the molecule is CCOC(=O)OC.Cc1ccccc1Br.Fc1ccccc1.O=C(O)OCCOC(=O)O. The van der Waals surface area contributed by atoms with Gasteiger partial charge >= 0.3 is 18.5 Å². The average Bonchev–Trinajstić information content (AvgIpc) is 2.75. The Kier molecular flexibility index (Phi) is 20.2. The van der Waals surface area contributed by atoms with Crippen LogP contribution in [0, 0.1) is 12.7 Å². The Hall–Kier alpha value is -3.34. The molecule has 0 spiro atoms. The number of methoxy groups -OCH3 is 1. The molecule has 0 radical (unpaired) electrons. The van der Waals surface area contributed by atoms with Crippen LogP contribution >= 0.6 is 15.9 Å². The highest BCUT2D eigenvalue weighted by atomic mass is 79.9. The second kappa shape index (κ2) is 20.9. The molecule has 0 heterocycles. The first-order valence-corrected chi connectivity index (χ1v) is 9.77. The summed E-state index contributed by atoms with van der Waals surface area (Å²) in [6, 6.07) is 16.1. The molecule has 178 valence electrons. The molecule has 0 atom stereocenters. The molecule has 0 amide bonds. The molecule has 0 fully saturated rings. The Morgan fingerprint density at radius 2 is 1.34 bits per heavy atom. The van der Waals surface area contributed by atoms with E-state index in [1.54, 1.807) is 25.1 Å². The average molecular weight is 521 g/mol. The second-order valence-corrected chi connectivity index (χ2v) is 6.01. The molecule has 2 rings (SSSR count). The van der Waals surface area contributed by atoms with E-state index in [0.717, 1.165) is 0 Å². The molecule has 2 aromatic carbocycles. The first-order valence-electron chi connectivity index (χ1n) is 8.97. The molecule has 0 aliphatic carbocycles. The van der Waals surface area contributed by atoms with Crippen LogP contribution in [0.15, 0.2) is 59.1 Å². The highest BCUT2D eigenvalue weighted by Gasteiger charge is 1.98. The standard InChI is InChI=1S/C7H7Br.C6H5F.C4H6O6.C4H8O3/c1-6-4-2-3-5-7(6)8;7-6-4-2-1-3-5-6;5-3(6)9-1-2-10-4(7)8;1-3-7-4(5)6-2/h2-5H,1H3;1-5H;1-2H2,(H,5,6)(H,7,8);3H2,1-2H3. The van der Waals surface area contributed by atoms with Gasteiger partial charge in [-0.25, -0.2) is 18.8 Å². The van der Waals surface area contributed by atoms with Gasteiger partial charge in [-0.1, -0.05) is 52.3 Å². The van der Waals surface area contributed by atoms with Crippen LogP contribution < -0.4 is 0 Å². The van der Waals surface area contributed by atoms with Gasteiger partial charge in [0.2, 0.25) is 0 Å². The zero-order valence-electron chi connectivity index (χ0n) is 17.8. The number of rotatable bonds is 4. The van der Waals surface area contributed by atoms with Crippen LogP contribution in [0.2, 0.25) is 0 Å². The predicted octanol–water partition coefficient (Wildman–Crippen LogP) is 5.75. The lowest BCUT2D eigenvalue weighted by atomic mass is 10.2. The summed E-state index contributed by atoms with van der Waals surface area (Å²) < 4.78 is 29.4. The fourth-order valence-corrected chi connectivity index (χ4v) is 1.69. The van der Waals surface area contributed by atoms with E-state index in [2.05, 4.69) is 47.9 Å². The van der Waals surface area contributed by atoms with E-state index >= 15 is 0 Å². The van der Waals surface area contributed by atoms with Gasteiger partial charge in [-0.05, 0) is 37.6 Å². The van der Waals surface area contributed by atoms with E-state index in [4.69, 9.17) is 10.2 Å². The fourth-order valence-electron chi connectivity index (χ4n) is 1.40. The molecule has 0 unspecified atom stereocenters. The van der Waals surface area contributed by atoms with Crippen LogP contribution in [0.4, 0.5) is 18.8 Å². The Morgan fingerprint density at radius 1 is 0.875 bits per heavy atom. The van der Waals surface area contributed by atoms with Gasteiger partial charge in [0.25, 0.3) is 0 Å². The summed E-state index contributed by atoms with van der Waals surface area (Å²) in [6.45, 7) is 3.61. The Morgan fingerprint density at radius 3 is 1.59 bits per heavy atom. The summed E-state index contributed by atoms with van der Waals surface area (Å²) in [5.41, 5.74) is 1.28. The Balaban J connectivity index is 0. The smallest absolute Gasteiger partial charge is 0.450 e. The molecule has 11 heteroatoms. The zero-order chi connectivity index (χ0) is 24.8. The second-order valence-electron chi connectivity index (χ2n) is 5.16.